The standard InChI is InChI=1S/C24H27N5O3.BrH/c1-27(21-11-13-28(14-12-21)15-18-5-3-2-4-6-18)24(31)29-16-22(25-17-29)19-7-9-20(10-8-19)23(30)26-32;/h2-10,16-17,21,32H,11-15H2,1H3,(H,26,30);1H. The Labute approximate surface area is 203 Å². The second-order valence-corrected chi connectivity index (χ2v) is 8.07. The Morgan fingerprint density at radius 3 is 2.39 bits per heavy atom. The molecule has 8 nitrogen and oxygen atoms in total. The van der Waals surface area contributed by atoms with Crippen molar-refractivity contribution in [3.8, 4) is 11.3 Å². The number of nitrogens with zero attached hydrogens (tertiary/aromatic N) is 4. The van der Waals surface area contributed by atoms with Gasteiger partial charge < -0.3 is 4.90 Å². The van der Waals surface area contributed by atoms with E-state index < -0.39 is 5.91 Å². The van der Waals surface area contributed by atoms with Gasteiger partial charge in [0.05, 0.1) is 5.69 Å². The Balaban J connectivity index is 0.00000306. The molecule has 1 aliphatic rings. The molecule has 2 heterocycles. The average Bonchev–Trinajstić information content (AvgIpc) is 3.34. The van der Waals surface area contributed by atoms with Crippen molar-refractivity contribution < 1.29 is 14.8 Å². The third kappa shape index (κ3) is 5.87. The number of aromatic nitrogens is 2. The number of hydroxylamine groups is 1. The first-order chi connectivity index (χ1) is 15.5. The van der Waals surface area contributed by atoms with Gasteiger partial charge in [0.2, 0.25) is 0 Å². The fourth-order valence-electron chi connectivity index (χ4n) is 4.08. The fourth-order valence-corrected chi connectivity index (χ4v) is 4.08. The van der Waals surface area contributed by atoms with Crippen LogP contribution in [0.5, 0.6) is 0 Å². The number of rotatable bonds is 5. The monoisotopic (exact) mass is 513 g/mol. The average molecular weight is 514 g/mol. The van der Waals surface area contributed by atoms with Gasteiger partial charge in [-0.05, 0) is 30.5 Å². The molecule has 174 valence electrons. The molecule has 0 radical (unpaired) electrons. The van der Waals surface area contributed by atoms with Crippen molar-refractivity contribution in [2.24, 2.45) is 0 Å². The third-order valence-electron chi connectivity index (χ3n) is 6.00. The summed E-state index contributed by atoms with van der Waals surface area (Å²) >= 11 is 0. The van der Waals surface area contributed by atoms with E-state index in [-0.39, 0.29) is 29.1 Å². The molecule has 2 aromatic carbocycles. The lowest BCUT2D eigenvalue weighted by atomic mass is 10.0. The first-order valence-electron chi connectivity index (χ1n) is 10.7. The Hall–Kier alpha value is -3.01. The van der Waals surface area contributed by atoms with Crippen LogP contribution in [0.4, 0.5) is 4.79 Å². The highest BCUT2D eigenvalue weighted by Crippen LogP contribution is 2.21. The minimum absolute atomic E-state index is 0. The van der Waals surface area contributed by atoms with Crippen LogP contribution in [0.3, 0.4) is 0 Å². The van der Waals surface area contributed by atoms with E-state index in [1.165, 1.54) is 16.5 Å². The lowest BCUT2D eigenvalue weighted by Crippen LogP contribution is -2.46. The second-order valence-electron chi connectivity index (χ2n) is 8.07. The summed E-state index contributed by atoms with van der Waals surface area (Å²) in [6.45, 7) is 2.86. The van der Waals surface area contributed by atoms with Gasteiger partial charge in [0.15, 0.2) is 0 Å². The predicted molar refractivity (Wildman–Crippen MR) is 131 cm³/mol. The van der Waals surface area contributed by atoms with E-state index in [0.29, 0.717) is 11.3 Å². The zero-order valence-corrected chi connectivity index (χ0v) is 20.1. The Morgan fingerprint density at radius 1 is 1.09 bits per heavy atom. The van der Waals surface area contributed by atoms with Crippen molar-refractivity contribution in [1.82, 2.24) is 24.8 Å². The Kier molecular flexibility index (Phi) is 8.37. The summed E-state index contributed by atoms with van der Waals surface area (Å²) in [5.41, 5.74) is 4.68. The van der Waals surface area contributed by atoms with Gasteiger partial charge in [0.1, 0.15) is 6.33 Å². The van der Waals surface area contributed by atoms with E-state index in [9.17, 15) is 9.59 Å². The molecule has 1 fully saturated rings. The van der Waals surface area contributed by atoms with E-state index in [4.69, 9.17) is 5.21 Å². The zero-order valence-electron chi connectivity index (χ0n) is 18.4. The highest BCUT2D eigenvalue weighted by atomic mass is 79.9. The first-order valence-corrected chi connectivity index (χ1v) is 10.7. The SMILES string of the molecule is Br.CN(C(=O)n1cnc(-c2ccc(C(=O)NO)cc2)c1)C1CCN(Cc2ccccc2)CC1. The highest BCUT2D eigenvalue weighted by Gasteiger charge is 2.26. The molecule has 33 heavy (non-hydrogen) atoms. The van der Waals surface area contributed by atoms with Crippen LogP contribution in [0, 0.1) is 0 Å². The molecular weight excluding hydrogens is 486 g/mol. The van der Waals surface area contributed by atoms with Crippen LogP contribution in [0.1, 0.15) is 28.8 Å². The van der Waals surface area contributed by atoms with Crippen molar-refractivity contribution in [3.05, 3.63) is 78.2 Å². The van der Waals surface area contributed by atoms with E-state index in [0.717, 1.165) is 38.0 Å². The summed E-state index contributed by atoms with van der Waals surface area (Å²) in [5.74, 6) is -0.575. The molecule has 0 saturated carbocycles. The van der Waals surface area contributed by atoms with E-state index in [2.05, 4.69) is 34.1 Å². The number of carbonyl (C=O) groups is 2. The number of nitrogens with one attached hydrogen (secondary N) is 1. The summed E-state index contributed by atoms with van der Waals surface area (Å²) in [5, 5.41) is 8.72. The van der Waals surface area contributed by atoms with Crippen molar-refractivity contribution in [2.45, 2.75) is 25.4 Å². The number of piperidine rings is 1. The van der Waals surface area contributed by atoms with Crippen LogP contribution in [0.2, 0.25) is 0 Å². The van der Waals surface area contributed by atoms with Crippen molar-refractivity contribution >= 4 is 28.9 Å². The highest BCUT2D eigenvalue weighted by molar-refractivity contribution is 8.93. The van der Waals surface area contributed by atoms with Gasteiger partial charge in [0.25, 0.3) is 5.91 Å². The number of benzene rings is 2. The first kappa shape index (κ1) is 24.6. The molecular formula is C24H28BrN5O3. The maximum atomic E-state index is 13.0. The number of hydrogen-bond donors (Lipinski definition) is 2. The fraction of sp³-hybridized carbons (Fsp3) is 0.292. The molecule has 4 rings (SSSR count). The lowest BCUT2D eigenvalue weighted by molar-refractivity contribution is 0.0706. The smallest absolute Gasteiger partial charge is 0.324 e. The molecule has 9 heteroatoms. The molecule has 0 spiro atoms. The number of carbonyl (C=O) groups excluding carboxylic acids is 2. The molecule has 0 atom stereocenters. The molecule has 3 aromatic rings. The zero-order chi connectivity index (χ0) is 22.5. The summed E-state index contributed by atoms with van der Waals surface area (Å²) < 4.78 is 1.50. The van der Waals surface area contributed by atoms with E-state index in [1.807, 2.05) is 13.1 Å². The van der Waals surface area contributed by atoms with E-state index in [1.54, 1.807) is 40.8 Å². The van der Waals surface area contributed by atoms with Gasteiger partial charge in [-0.2, -0.15) is 0 Å². The maximum Gasteiger partial charge on any atom is 0.329 e. The topological polar surface area (TPSA) is 90.7 Å². The van der Waals surface area contributed by atoms with Crippen LogP contribution in [-0.2, 0) is 6.54 Å². The van der Waals surface area contributed by atoms with Gasteiger partial charge in [-0.25, -0.2) is 15.3 Å². The summed E-state index contributed by atoms with van der Waals surface area (Å²) in [4.78, 5) is 33.0. The maximum absolute atomic E-state index is 13.0. The van der Waals surface area contributed by atoms with Crippen LogP contribution in [0.25, 0.3) is 11.3 Å². The number of halogens is 1. The van der Waals surface area contributed by atoms with Crippen molar-refractivity contribution in [1.29, 1.82) is 0 Å². The predicted octanol–water partition coefficient (Wildman–Crippen LogP) is 3.81. The third-order valence-corrected chi connectivity index (χ3v) is 6.00. The van der Waals surface area contributed by atoms with Gasteiger partial charge >= 0.3 is 6.03 Å². The Bertz CT molecular complexity index is 1060. The molecule has 0 unspecified atom stereocenters. The lowest BCUT2D eigenvalue weighted by Gasteiger charge is -2.36. The molecule has 2 amide bonds. The number of likely N-dealkylation sites (tertiary alicyclic amines) is 1. The summed E-state index contributed by atoms with van der Waals surface area (Å²) in [6.07, 6.45) is 5.09. The van der Waals surface area contributed by atoms with Gasteiger partial charge in [-0.15, -0.1) is 17.0 Å². The Morgan fingerprint density at radius 2 is 1.76 bits per heavy atom. The molecule has 0 aliphatic carbocycles. The van der Waals surface area contributed by atoms with Crippen LogP contribution in [0.15, 0.2) is 67.1 Å². The number of imidazole rings is 1. The normalized spacial score (nSPS) is 14.4. The van der Waals surface area contributed by atoms with Crippen LogP contribution >= 0.6 is 17.0 Å². The van der Waals surface area contributed by atoms with Gasteiger partial charge in [-0.1, -0.05) is 42.5 Å². The summed E-state index contributed by atoms with van der Waals surface area (Å²) in [6, 6.07) is 17.2. The largest absolute Gasteiger partial charge is 0.329 e. The quantitative estimate of drug-likeness (QED) is 0.399. The minimum Gasteiger partial charge on any atom is -0.324 e. The van der Waals surface area contributed by atoms with E-state index >= 15 is 0 Å². The van der Waals surface area contributed by atoms with Gasteiger partial charge in [-0.3, -0.25) is 19.5 Å². The molecule has 1 aliphatic heterocycles. The number of amides is 2. The molecule has 1 saturated heterocycles. The summed E-state index contributed by atoms with van der Waals surface area (Å²) in [7, 11) is 1.85. The minimum atomic E-state index is -0.575. The van der Waals surface area contributed by atoms with Gasteiger partial charge in [0, 0.05) is 50.0 Å². The second kappa shape index (κ2) is 11.2. The number of hydrogen-bond acceptors (Lipinski definition) is 5. The van der Waals surface area contributed by atoms with Crippen molar-refractivity contribution in [2.75, 3.05) is 20.1 Å². The van der Waals surface area contributed by atoms with Crippen LogP contribution in [-0.4, -0.2) is 62.7 Å². The molecule has 2 N–H and O–H groups in total. The molecule has 1 aromatic heterocycles. The van der Waals surface area contributed by atoms with Crippen LogP contribution < -0.4 is 5.48 Å². The van der Waals surface area contributed by atoms with Crippen molar-refractivity contribution in [3.63, 3.8) is 0 Å². The molecule has 0 bridgehead atoms.